The smallest absolute Gasteiger partial charge is 0.161 e. The summed E-state index contributed by atoms with van der Waals surface area (Å²) in [7, 11) is 0. The lowest BCUT2D eigenvalue weighted by molar-refractivity contribution is 0.621. The zero-order valence-electron chi connectivity index (χ0n) is 9.76. The van der Waals surface area contributed by atoms with E-state index in [1.807, 2.05) is 6.92 Å². The Morgan fingerprint density at radius 3 is 3.00 bits per heavy atom. The second-order valence-electron chi connectivity index (χ2n) is 4.01. The average molecular weight is 317 g/mol. The first kappa shape index (κ1) is 12.9. The lowest BCUT2D eigenvalue weighted by Gasteiger charge is -2.09. The maximum atomic E-state index is 13.4. The van der Waals surface area contributed by atoms with E-state index in [1.165, 1.54) is 6.07 Å². The van der Waals surface area contributed by atoms with Gasteiger partial charge in [0.1, 0.15) is 5.82 Å². The first-order valence-corrected chi connectivity index (χ1v) is 7.31. The summed E-state index contributed by atoms with van der Waals surface area (Å²) in [5.74, 6) is 0.755. The van der Waals surface area contributed by atoms with E-state index in [2.05, 4.69) is 33.2 Å². The van der Waals surface area contributed by atoms with Crippen LogP contribution in [0.2, 0.25) is 0 Å². The van der Waals surface area contributed by atoms with Crippen LogP contribution in [0.25, 0.3) is 0 Å². The van der Waals surface area contributed by atoms with Crippen LogP contribution < -0.4 is 5.32 Å². The van der Waals surface area contributed by atoms with Gasteiger partial charge in [0.15, 0.2) is 5.17 Å². The Bertz CT molecular complexity index is 462. The molecule has 92 valence electrons. The van der Waals surface area contributed by atoms with Crippen LogP contribution >= 0.6 is 27.7 Å². The lowest BCUT2D eigenvalue weighted by atomic mass is 10.2. The molecule has 0 spiro atoms. The van der Waals surface area contributed by atoms with Gasteiger partial charge in [-0.15, -0.1) is 0 Å². The predicted molar refractivity (Wildman–Crippen MR) is 76.4 cm³/mol. The van der Waals surface area contributed by atoms with Crippen molar-refractivity contribution in [3.8, 4) is 0 Å². The highest BCUT2D eigenvalue weighted by molar-refractivity contribution is 9.10. The third-order valence-corrected chi connectivity index (χ3v) is 4.33. The Balaban J connectivity index is 2.17. The average Bonchev–Trinajstić information content (AvgIpc) is 2.73. The Morgan fingerprint density at radius 2 is 2.35 bits per heavy atom. The Hall–Kier alpha value is -0.550. The van der Waals surface area contributed by atoms with Crippen molar-refractivity contribution in [1.29, 1.82) is 0 Å². The second kappa shape index (κ2) is 5.40. The van der Waals surface area contributed by atoms with Crippen LogP contribution in [0, 0.1) is 12.7 Å². The van der Waals surface area contributed by atoms with Crippen LogP contribution in [0.4, 0.5) is 10.1 Å². The first-order valence-electron chi connectivity index (χ1n) is 5.53. The maximum Gasteiger partial charge on any atom is 0.161 e. The minimum absolute atomic E-state index is 0.256. The number of anilines is 1. The molecule has 1 atom stereocenters. The largest absolute Gasteiger partial charge is 0.335 e. The number of aryl methyl sites for hydroxylation is 1. The summed E-state index contributed by atoms with van der Waals surface area (Å²) in [6.45, 7) is 4.08. The Morgan fingerprint density at radius 1 is 1.59 bits per heavy atom. The molecule has 1 N–H and O–H groups in total. The van der Waals surface area contributed by atoms with Crippen molar-refractivity contribution in [3.63, 3.8) is 0 Å². The highest BCUT2D eigenvalue weighted by Crippen LogP contribution is 2.27. The number of aliphatic imine (C=N–C) groups is 1. The van der Waals surface area contributed by atoms with Gasteiger partial charge in [0.2, 0.25) is 0 Å². The SMILES string of the molecule is CCC1CSC(Nc2cc(F)c(Br)cc2C)=N1. The molecule has 0 fully saturated rings. The molecule has 2 rings (SSSR count). The van der Waals surface area contributed by atoms with Gasteiger partial charge in [0.25, 0.3) is 0 Å². The zero-order chi connectivity index (χ0) is 12.4. The van der Waals surface area contributed by atoms with E-state index < -0.39 is 0 Å². The zero-order valence-corrected chi connectivity index (χ0v) is 12.2. The van der Waals surface area contributed by atoms with E-state index in [-0.39, 0.29) is 5.82 Å². The molecule has 0 radical (unpaired) electrons. The van der Waals surface area contributed by atoms with Crippen molar-refractivity contribution in [1.82, 2.24) is 0 Å². The number of nitrogens with zero attached hydrogens (tertiary/aromatic N) is 1. The van der Waals surface area contributed by atoms with E-state index in [0.717, 1.165) is 28.6 Å². The number of halogens is 2. The number of amidine groups is 1. The molecule has 0 aromatic heterocycles. The van der Waals surface area contributed by atoms with Crippen LogP contribution in [0.5, 0.6) is 0 Å². The molecule has 0 saturated carbocycles. The number of hydrogen-bond acceptors (Lipinski definition) is 3. The van der Waals surface area contributed by atoms with Crippen LogP contribution in [0.1, 0.15) is 18.9 Å². The van der Waals surface area contributed by atoms with Gasteiger partial charge in [-0.25, -0.2) is 4.39 Å². The van der Waals surface area contributed by atoms with Gasteiger partial charge in [-0.2, -0.15) is 0 Å². The summed E-state index contributed by atoms with van der Waals surface area (Å²) in [5.41, 5.74) is 1.79. The van der Waals surface area contributed by atoms with Crippen LogP contribution in [-0.2, 0) is 0 Å². The molecule has 1 aromatic rings. The molecule has 2 nitrogen and oxygen atoms in total. The molecule has 1 aliphatic rings. The lowest BCUT2D eigenvalue weighted by Crippen LogP contribution is -2.07. The van der Waals surface area contributed by atoms with Gasteiger partial charge in [-0.05, 0) is 47.0 Å². The molecule has 5 heteroatoms. The summed E-state index contributed by atoms with van der Waals surface area (Å²) in [6.07, 6.45) is 1.05. The third kappa shape index (κ3) is 3.01. The van der Waals surface area contributed by atoms with E-state index >= 15 is 0 Å². The normalized spacial score (nSPS) is 19.3. The van der Waals surface area contributed by atoms with Gasteiger partial charge < -0.3 is 5.32 Å². The first-order chi connectivity index (χ1) is 8.10. The predicted octanol–water partition coefficient (Wildman–Crippen LogP) is 4.19. The minimum atomic E-state index is -0.256. The third-order valence-electron chi connectivity index (χ3n) is 2.69. The fourth-order valence-electron chi connectivity index (χ4n) is 1.59. The molecular weight excluding hydrogens is 303 g/mol. The second-order valence-corrected chi connectivity index (χ2v) is 5.88. The standard InChI is InChI=1S/C12H14BrFN2S/c1-3-8-6-17-12(15-8)16-11-5-10(14)9(13)4-7(11)2/h4-5,8H,3,6H2,1-2H3,(H,15,16). The van der Waals surface area contributed by atoms with Crippen molar-refractivity contribution in [2.24, 2.45) is 4.99 Å². The number of thioether (sulfide) groups is 1. The molecule has 1 unspecified atom stereocenters. The van der Waals surface area contributed by atoms with Crippen molar-refractivity contribution in [2.75, 3.05) is 11.1 Å². The maximum absolute atomic E-state index is 13.4. The van der Waals surface area contributed by atoms with Crippen LogP contribution in [-0.4, -0.2) is 17.0 Å². The molecule has 1 aromatic carbocycles. The van der Waals surface area contributed by atoms with Gasteiger partial charge in [0, 0.05) is 11.4 Å². The molecule has 0 saturated heterocycles. The van der Waals surface area contributed by atoms with Gasteiger partial charge in [-0.3, -0.25) is 4.99 Å². The van der Waals surface area contributed by atoms with E-state index in [4.69, 9.17) is 0 Å². The fourth-order valence-corrected chi connectivity index (χ4v) is 3.11. The minimum Gasteiger partial charge on any atom is -0.335 e. The van der Waals surface area contributed by atoms with Gasteiger partial charge >= 0.3 is 0 Å². The summed E-state index contributed by atoms with van der Waals surface area (Å²) in [5, 5.41) is 4.08. The Kier molecular flexibility index (Phi) is 4.09. The van der Waals surface area contributed by atoms with Crippen molar-refractivity contribution >= 4 is 38.5 Å². The van der Waals surface area contributed by atoms with Crippen LogP contribution in [0.3, 0.4) is 0 Å². The number of rotatable bonds is 2. The molecule has 0 bridgehead atoms. The number of hydrogen-bond donors (Lipinski definition) is 1. The van der Waals surface area contributed by atoms with E-state index in [9.17, 15) is 4.39 Å². The van der Waals surface area contributed by atoms with Crippen molar-refractivity contribution in [3.05, 3.63) is 28.0 Å². The molecule has 17 heavy (non-hydrogen) atoms. The Labute approximate surface area is 113 Å². The summed E-state index contributed by atoms with van der Waals surface area (Å²) in [4.78, 5) is 4.53. The van der Waals surface area contributed by atoms with Crippen molar-refractivity contribution < 1.29 is 4.39 Å². The quantitative estimate of drug-likeness (QED) is 0.884. The monoisotopic (exact) mass is 316 g/mol. The number of nitrogens with one attached hydrogen (secondary N) is 1. The van der Waals surface area contributed by atoms with Gasteiger partial charge in [0.05, 0.1) is 10.5 Å². The summed E-state index contributed by atoms with van der Waals surface area (Å²) >= 11 is 4.87. The van der Waals surface area contributed by atoms with E-state index in [0.29, 0.717) is 10.5 Å². The van der Waals surface area contributed by atoms with Crippen molar-refractivity contribution in [2.45, 2.75) is 26.3 Å². The fraction of sp³-hybridized carbons (Fsp3) is 0.417. The van der Waals surface area contributed by atoms with Crippen LogP contribution in [0.15, 0.2) is 21.6 Å². The number of benzene rings is 1. The summed E-state index contributed by atoms with van der Waals surface area (Å²) < 4.78 is 13.9. The highest BCUT2D eigenvalue weighted by Gasteiger charge is 2.17. The topological polar surface area (TPSA) is 24.4 Å². The molecule has 0 amide bonds. The molecule has 1 aliphatic heterocycles. The van der Waals surface area contributed by atoms with E-state index in [1.54, 1.807) is 17.8 Å². The highest BCUT2D eigenvalue weighted by atomic mass is 79.9. The molecule has 0 aliphatic carbocycles. The van der Waals surface area contributed by atoms with Gasteiger partial charge in [-0.1, -0.05) is 18.7 Å². The molecule has 1 heterocycles. The summed E-state index contributed by atoms with van der Waals surface area (Å²) in [6, 6.07) is 3.67. The molecular formula is C12H14BrFN2S.